The number of unbranched alkanes of at least 4 members (excludes halogenated alkanes) is 15. The molecule has 0 spiro atoms. The molecule has 0 aliphatic carbocycles. The van der Waals surface area contributed by atoms with Crippen molar-refractivity contribution in [1.82, 2.24) is 0 Å². The minimum Gasteiger partial charge on any atom is -0.457 e. The van der Waals surface area contributed by atoms with Crippen molar-refractivity contribution in [1.29, 1.82) is 0 Å². The summed E-state index contributed by atoms with van der Waals surface area (Å²) >= 11 is 0. The van der Waals surface area contributed by atoms with Crippen LogP contribution in [0.3, 0.4) is 0 Å². The van der Waals surface area contributed by atoms with Crippen LogP contribution >= 0.6 is 0 Å². The summed E-state index contributed by atoms with van der Waals surface area (Å²) in [5, 5.41) is 30.7. The number of aliphatic hydroxyl groups excluding tert-OH is 3. The van der Waals surface area contributed by atoms with Gasteiger partial charge < -0.3 is 34.3 Å². The maximum absolute atomic E-state index is 12.9. The Morgan fingerprint density at radius 3 is 1.55 bits per heavy atom. The largest absolute Gasteiger partial charge is 0.457 e. The van der Waals surface area contributed by atoms with E-state index in [4.69, 9.17) is 18.9 Å². The smallest absolute Gasteiger partial charge is 0.397 e. The number of carbonyl (C=O) groups is 1. The first-order valence-electron chi connectivity index (χ1n) is 24.8. The van der Waals surface area contributed by atoms with E-state index in [1.165, 1.54) is 89.9 Å². The zero-order valence-corrected chi connectivity index (χ0v) is 40.8. The molecule has 6 atom stereocenters. The highest BCUT2D eigenvalue weighted by molar-refractivity contribution is 7.80. The standard InChI is InChI=1S/C52H88O12S/c1-3-5-7-9-11-13-15-17-19-21-23-25-27-29-31-33-35-37-39-41-48(54)62-46(45-61-52-50(56)51(64-65(57,58)59)49(55)47(43-53)63-52)44-60-42-40-38-36-34-32-30-28-26-24-22-20-18-16-14-12-10-8-6-4-2/h5,7,11,13,17,19-20,22-23,25,29,31,35,37,46-47,49-53,55-56H,3-4,6,8-10,12,14-16,18,21,24,26-28,30,32-34,36,38-45H2,1-2H3,(H,57,58,59)/b7-5-,13-11-,19-17-,22-20-,25-23-,31-29-,37-35-. The molecule has 1 heterocycles. The second-order valence-electron chi connectivity index (χ2n) is 16.7. The van der Waals surface area contributed by atoms with E-state index in [0.717, 1.165) is 57.8 Å². The first kappa shape index (κ1) is 60.3. The van der Waals surface area contributed by atoms with E-state index in [2.05, 4.69) is 90.9 Å². The summed E-state index contributed by atoms with van der Waals surface area (Å²) in [7, 11) is -5.08. The lowest BCUT2D eigenvalue weighted by atomic mass is 9.99. The van der Waals surface area contributed by atoms with Gasteiger partial charge in [-0.3, -0.25) is 9.35 Å². The third-order valence-electron chi connectivity index (χ3n) is 10.8. The van der Waals surface area contributed by atoms with E-state index in [1.807, 2.05) is 12.2 Å². The highest BCUT2D eigenvalue weighted by atomic mass is 32.3. The maximum Gasteiger partial charge on any atom is 0.397 e. The van der Waals surface area contributed by atoms with Crippen molar-refractivity contribution in [2.24, 2.45) is 0 Å². The molecule has 0 aromatic carbocycles. The summed E-state index contributed by atoms with van der Waals surface area (Å²) in [6.45, 7) is 3.77. The van der Waals surface area contributed by atoms with Crippen molar-refractivity contribution in [3.8, 4) is 0 Å². The molecular weight excluding hydrogens is 849 g/mol. The van der Waals surface area contributed by atoms with Gasteiger partial charge >= 0.3 is 16.4 Å². The third kappa shape index (κ3) is 36.1. The van der Waals surface area contributed by atoms with Crippen molar-refractivity contribution >= 4 is 16.4 Å². The van der Waals surface area contributed by atoms with E-state index in [1.54, 1.807) is 0 Å². The molecule has 13 heteroatoms. The molecule has 0 amide bonds. The van der Waals surface area contributed by atoms with Gasteiger partial charge in [-0.05, 0) is 77.0 Å². The first-order chi connectivity index (χ1) is 31.6. The molecule has 1 saturated heterocycles. The Morgan fingerprint density at radius 1 is 0.600 bits per heavy atom. The van der Waals surface area contributed by atoms with Crippen LogP contribution in [-0.4, -0.2) is 97.5 Å². The fraction of sp³-hybridized carbons (Fsp3) is 0.712. The number of carbonyl (C=O) groups excluding carboxylic acids is 1. The molecule has 1 rings (SSSR count). The summed E-state index contributed by atoms with van der Waals surface area (Å²) < 4.78 is 59.1. The number of allylic oxidation sites excluding steroid dienone is 14. The lowest BCUT2D eigenvalue weighted by Gasteiger charge is -2.41. The molecule has 0 radical (unpaired) electrons. The Morgan fingerprint density at radius 2 is 1.06 bits per heavy atom. The van der Waals surface area contributed by atoms with Crippen molar-refractivity contribution < 1.29 is 56.2 Å². The maximum atomic E-state index is 12.9. The summed E-state index contributed by atoms with van der Waals surface area (Å²) in [6.07, 6.45) is 47.7. The van der Waals surface area contributed by atoms with Gasteiger partial charge in [0.2, 0.25) is 0 Å². The summed E-state index contributed by atoms with van der Waals surface area (Å²) in [4.78, 5) is 12.9. The van der Waals surface area contributed by atoms with Gasteiger partial charge in [-0.1, -0.05) is 176 Å². The number of aliphatic hydroxyl groups is 3. The molecule has 0 bridgehead atoms. The van der Waals surface area contributed by atoms with Gasteiger partial charge in [-0.2, -0.15) is 8.42 Å². The Bertz CT molecular complexity index is 1450. The van der Waals surface area contributed by atoms with E-state index in [-0.39, 0.29) is 19.6 Å². The van der Waals surface area contributed by atoms with Gasteiger partial charge in [-0.15, -0.1) is 0 Å². The molecule has 1 aliphatic rings. The SMILES string of the molecule is CC/C=C\C/C=C\C/C=C\C/C=C\C/C=C\C/C=C\CCC(=O)OC(COCCCCCCCCCC/C=C\CCCCCCCCC)COC1OC(CO)C(O)C(OS(=O)(=O)O)C1O. The molecule has 1 aliphatic heterocycles. The average Bonchev–Trinajstić information content (AvgIpc) is 3.28. The highest BCUT2D eigenvalue weighted by Crippen LogP contribution is 2.26. The second kappa shape index (κ2) is 42.6. The van der Waals surface area contributed by atoms with Crippen LogP contribution in [0, 0.1) is 0 Å². The predicted molar refractivity (Wildman–Crippen MR) is 262 cm³/mol. The van der Waals surface area contributed by atoms with Gasteiger partial charge in [0.15, 0.2) is 6.29 Å². The van der Waals surface area contributed by atoms with E-state index < -0.39 is 59.8 Å². The van der Waals surface area contributed by atoms with Crippen LogP contribution in [-0.2, 0) is 38.3 Å². The molecule has 65 heavy (non-hydrogen) atoms. The molecule has 6 unspecified atom stereocenters. The monoisotopic (exact) mass is 937 g/mol. The Kier molecular flexibility index (Phi) is 39.5. The van der Waals surface area contributed by atoms with Gasteiger partial charge in [0, 0.05) is 13.0 Å². The topological polar surface area (TPSA) is 178 Å². The summed E-state index contributed by atoms with van der Waals surface area (Å²) in [5.41, 5.74) is 0. The van der Waals surface area contributed by atoms with Crippen LogP contribution in [0.15, 0.2) is 85.1 Å². The number of ether oxygens (including phenoxy) is 4. The average molecular weight is 937 g/mol. The Labute approximate surface area is 393 Å². The normalized spacial score (nSPS) is 20.4. The van der Waals surface area contributed by atoms with Gasteiger partial charge in [0.25, 0.3) is 0 Å². The van der Waals surface area contributed by atoms with Crippen LogP contribution in [0.2, 0.25) is 0 Å². The minimum atomic E-state index is -5.08. The molecule has 0 aromatic heterocycles. The molecular formula is C52H88O12S. The van der Waals surface area contributed by atoms with E-state index in [0.29, 0.717) is 13.0 Å². The Balaban J connectivity index is 2.45. The molecule has 1 fully saturated rings. The van der Waals surface area contributed by atoms with Crippen molar-refractivity contribution in [3.63, 3.8) is 0 Å². The van der Waals surface area contributed by atoms with Crippen LogP contribution in [0.1, 0.15) is 174 Å². The fourth-order valence-electron chi connectivity index (χ4n) is 7.05. The van der Waals surface area contributed by atoms with Crippen LogP contribution in [0.25, 0.3) is 0 Å². The van der Waals surface area contributed by atoms with Crippen LogP contribution in [0.5, 0.6) is 0 Å². The molecule has 12 nitrogen and oxygen atoms in total. The summed E-state index contributed by atoms with van der Waals surface area (Å²) in [6, 6.07) is 0. The van der Waals surface area contributed by atoms with Crippen molar-refractivity contribution in [2.45, 2.75) is 211 Å². The Hall–Kier alpha value is -2.72. The predicted octanol–water partition coefficient (Wildman–Crippen LogP) is 11.2. The first-order valence-corrected chi connectivity index (χ1v) is 26.2. The van der Waals surface area contributed by atoms with Gasteiger partial charge in [0.1, 0.15) is 30.5 Å². The zero-order chi connectivity index (χ0) is 47.5. The number of hydrogen-bond donors (Lipinski definition) is 4. The highest BCUT2D eigenvalue weighted by Gasteiger charge is 2.48. The lowest BCUT2D eigenvalue weighted by Crippen LogP contribution is -2.60. The fourth-order valence-corrected chi connectivity index (χ4v) is 7.55. The lowest BCUT2D eigenvalue weighted by molar-refractivity contribution is -0.301. The third-order valence-corrected chi connectivity index (χ3v) is 11.2. The minimum absolute atomic E-state index is 0.00103. The number of hydrogen-bond acceptors (Lipinski definition) is 11. The zero-order valence-electron chi connectivity index (χ0n) is 40.0. The van der Waals surface area contributed by atoms with E-state index in [9.17, 15) is 33.1 Å². The van der Waals surface area contributed by atoms with Gasteiger partial charge in [-0.25, -0.2) is 4.18 Å². The van der Waals surface area contributed by atoms with Crippen LogP contribution < -0.4 is 0 Å². The molecule has 374 valence electrons. The summed E-state index contributed by atoms with van der Waals surface area (Å²) in [5.74, 6) is -0.484. The molecule has 0 aromatic rings. The van der Waals surface area contributed by atoms with Gasteiger partial charge in [0.05, 0.1) is 19.8 Å². The van der Waals surface area contributed by atoms with Crippen molar-refractivity contribution in [3.05, 3.63) is 85.1 Å². The van der Waals surface area contributed by atoms with Crippen molar-refractivity contribution in [2.75, 3.05) is 26.4 Å². The quantitative estimate of drug-likeness (QED) is 0.0197. The molecule has 4 N–H and O–H groups in total. The number of esters is 1. The van der Waals surface area contributed by atoms with Crippen LogP contribution in [0.4, 0.5) is 0 Å². The number of rotatable bonds is 42. The van der Waals surface area contributed by atoms with E-state index >= 15 is 0 Å². The second-order valence-corrected chi connectivity index (χ2v) is 17.7. The molecule has 0 saturated carbocycles.